The molecule has 0 radical (unpaired) electrons. The van der Waals surface area contributed by atoms with E-state index in [2.05, 4.69) is 15.4 Å². The molecule has 7 nitrogen and oxygen atoms in total. The fourth-order valence-electron chi connectivity index (χ4n) is 3.11. The second-order valence-electron chi connectivity index (χ2n) is 6.72. The molecule has 0 atom stereocenters. The van der Waals surface area contributed by atoms with Crippen LogP contribution in [0.4, 0.5) is 10.1 Å². The smallest absolute Gasteiger partial charge is 0.246 e. The van der Waals surface area contributed by atoms with E-state index in [-0.39, 0.29) is 42.2 Å². The fraction of sp³-hybridized carbons (Fsp3) is 0.450. The SMILES string of the molecule is CCNC(=NCCSCc1ccccc1F)N1CCN(c2cnn(C)c2)C(=O)C1.I. The van der Waals surface area contributed by atoms with Crippen molar-refractivity contribution in [2.45, 2.75) is 12.7 Å². The van der Waals surface area contributed by atoms with Crippen LogP contribution in [0.1, 0.15) is 12.5 Å². The number of aryl methyl sites for hydroxylation is 1. The van der Waals surface area contributed by atoms with Gasteiger partial charge in [0.05, 0.1) is 18.4 Å². The summed E-state index contributed by atoms with van der Waals surface area (Å²) in [5, 5.41) is 7.41. The standard InChI is InChI=1S/C20H27FN6OS.HI/c1-3-22-20(23-8-11-29-15-16-6-4-5-7-18(16)21)26-9-10-27(19(28)14-26)17-12-24-25(2)13-17;/h4-7,12-13H,3,8-11,14-15H2,1-2H3,(H,22,23);1H. The van der Waals surface area contributed by atoms with Gasteiger partial charge in [0, 0.05) is 44.4 Å². The van der Waals surface area contributed by atoms with Crippen LogP contribution in [0.5, 0.6) is 0 Å². The van der Waals surface area contributed by atoms with Gasteiger partial charge >= 0.3 is 0 Å². The molecule has 0 bridgehead atoms. The molecule has 1 fully saturated rings. The molecule has 0 saturated carbocycles. The monoisotopic (exact) mass is 546 g/mol. The maximum Gasteiger partial charge on any atom is 0.246 e. The molecule has 0 unspecified atom stereocenters. The lowest BCUT2D eigenvalue weighted by atomic mass is 10.2. The molecule has 164 valence electrons. The molecule has 1 N–H and O–H groups in total. The van der Waals surface area contributed by atoms with Gasteiger partial charge in [-0.15, -0.1) is 24.0 Å². The number of hydrogen-bond acceptors (Lipinski definition) is 4. The highest BCUT2D eigenvalue weighted by atomic mass is 127. The highest BCUT2D eigenvalue weighted by Gasteiger charge is 2.27. The summed E-state index contributed by atoms with van der Waals surface area (Å²) in [4.78, 5) is 21.0. The van der Waals surface area contributed by atoms with Crippen molar-refractivity contribution in [2.24, 2.45) is 12.0 Å². The summed E-state index contributed by atoms with van der Waals surface area (Å²) < 4.78 is 15.4. The number of hydrogen-bond donors (Lipinski definition) is 1. The molecular weight excluding hydrogens is 518 g/mol. The summed E-state index contributed by atoms with van der Waals surface area (Å²) in [5.41, 5.74) is 1.54. The van der Waals surface area contributed by atoms with E-state index in [1.807, 2.05) is 37.2 Å². The van der Waals surface area contributed by atoms with Crippen LogP contribution < -0.4 is 10.2 Å². The average Bonchev–Trinajstić information content (AvgIpc) is 3.14. The predicted molar refractivity (Wildman–Crippen MR) is 131 cm³/mol. The number of rotatable bonds is 7. The normalized spacial score (nSPS) is 14.6. The van der Waals surface area contributed by atoms with Crippen molar-refractivity contribution in [3.05, 3.63) is 48.0 Å². The number of anilines is 1. The maximum atomic E-state index is 13.7. The van der Waals surface area contributed by atoms with Gasteiger partial charge in [-0.25, -0.2) is 4.39 Å². The van der Waals surface area contributed by atoms with Gasteiger partial charge in [0.1, 0.15) is 12.4 Å². The molecule has 30 heavy (non-hydrogen) atoms. The van der Waals surface area contributed by atoms with Gasteiger partial charge in [0.15, 0.2) is 5.96 Å². The first kappa shape index (κ1) is 24.4. The van der Waals surface area contributed by atoms with E-state index in [0.29, 0.717) is 31.0 Å². The van der Waals surface area contributed by atoms with Gasteiger partial charge in [-0.1, -0.05) is 18.2 Å². The Kier molecular flexibility index (Phi) is 9.89. The first-order chi connectivity index (χ1) is 14.1. The number of nitrogens with zero attached hydrogens (tertiary/aromatic N) is 5. The summed E-state index contributed by atoms with van der Waals surface area (Å²) in [7, 11) is 1.84. The topological polar surface area (TPSA) is 65.8 Å². The van der Waals surface area contributed by atoms with Crippen LogP contribution in [-0.2, 0) is 17.6 Å². The molecule has 1 aliphatic rings. The van der Waals surface area contributed by atoms with E-state index >= 15 is 0 Å². The minimum absolute atomic E-state index is 0. The number of carbonyl (C=O) groups excluding carboxylic acids is 1. The zero-order valence-corrected chi connectivity index (χ0v) is 20.4. The largest absolute Gasteiger partial charge is 0.357 e. The van der Waals surface area contributed by atoms with E-state index in [0.717, 1.165) is 23.9 Å². The first-order valence-corrected chi connectivity index (χ1v) is 10.9. The quantitative estimate of drug-likeness (QED) is 0.251. The summed E-state index contributed by atoms with van der Waals surface area (Å²) >= 11 is 1.65. The Hall–Kier alpha value is -1.82. The minimum Gasteiger partial charge on any atom is -0.357 e. The Labute approximate surface area is 198 Å². The van der Waals surface area contributed by atoms with E-state index in [4.69, 9.17) is 0 Å². The number of thioether (sulfide) groups is 1. The molecule has 10 heteroatoms. The molecule has 3 rings (SSSR count). The van der Waals surface area contributed by atoms with Gasteiger partial charge in [0.2, 0.25) is 5.91 Å². The summed E-state index contributed by atoms with van der Waals surface area (Å²) in [6, 6.07) is 6.84. The van der Waals surface area contributed by atoms with Crippen LogP contribution in [0, 0.1) is 5.82 Å². The maximum absolute atomic E-state index is 13.7. The second kappa shape index (κ2) is 12.1. The lowest BCUT2D eigenvalue weighted by Crippen LogP contribution is -2.55. The number of piperazine rings is 1. The van der Waals surface area contributed by atoms with Crippen molar-refractivity contribution in [3.8, 4) is 0 Å². The van der Waals surface area contributed by atoms with Crippen LogP contribution in [0.15, 0.2) is 41.7 Å². The number of guanidine groups is 1. The lowest BCUT2D eigenvalue weighted by Gasteiger charge is -2.35. The Morgan fingerprint density at radius 3 is 2.80 bits per heavy atom. The third-order valence-electron chi connectivity index (χ3n) is 4.57. The molecule has 0 aliphatic carbocycles. The zero-order chi connectivity index (χ0) is 20.6. The van der Waals surface area contributed by atoms with Gasteiger partial charge < -0.3 is 15.1 Å². The van der Waals surface area contributed by atoms with E-state index < -0.39 is 0 Å². The van der Waals surface area contributed by atoms with Crippen LogP contribution in [-0.4, -0.2) is 65.0 Å². The number of nitrogens with one attached hydrogen (secondary N) is 1. The van der Waals surface area contributed by atoms with Crippen LogP contribution in [0.25, 0.3) is 0 Å². The fourth-order valence-corrected chi connectivity index (χ4v) is 3.93. The minimum atomic E-state index is -0.165. The van der Waals surface area contributed by atoms with Crippen LogP contribution >= 0.6 is 35.7 Å². The molecule has 2 aromatic rings. The number of aliphatic imine (C=N–C) groups is 1. The second-order valence-corrected chi connectivity index (χ2v) is 7.82. The Bertz CT molecular complexity index is 861. The van der Waals surface area contributed by atoms with Crippen molar-refractivity contribution >= 4 is 53.3 Å². The molecule has 0 spiro atoms. The molecule has 2 heterocycles. The molecule has 1 aromatic carbocycles. The zero-order valence-electron chi connectivity index (χ0n) is 17.3. The van der Waals surface area contributed by atoms with Crippen LogP contribution in [0.2, 0.25) is 0 Å². The number of halogens is 2. The Balaban J connectivity index is 0.00000320. The van der Waals surface area contributed by atoms with E-state index in [9.17, 15) is 9.18 Å². The predicted octanol–water partition coefficient (Wildman–Crippen LogP) is 2.72. The first-order valence-electron chi connectivity index (χ1n) is 9.72. The van der Waals surface area contributed by atoms with Crippen molar-refractivity contribution in [2.75, 3.05) is 43.4 Å². The van der Waals surface area contributed by atoms with Gasteiger partial charge in [0.25, 0.3) is 0 Å². The third kappa shape index (κ3) is 6.59. The molecule has 1 amide bonds. The average molecular weight is 546 g/mol. The van der Waals surface area contributed by atoms with Gasteiger partial charge in [-0.05, 0) is 18.6 Å². The molecule has 1 aliphatic heterocycles. The number of aromatic nitrogens is 2. The summed E-state index contributed by atoms with van der Waals surface area (Å²) in [6.07, 6.45) is 3.55. The lowest BCUT2D eigenvalue weighted by molar-refractivity contribution is -0.120. The van der Waals surface area contributed by atoms with Crippen molar-refractivity contribution < 1.29 is 9.18 Å². The van der Waals surface area contributed by atoms with Crippen molar-refractivity contribution in [1.29, 1.82) is 0 Å². The number of benzene rings is 1. The van der Waals surface area contributed by atoms with Crippen molar-refractivity contribution in [1.82, 2.24) is 20.0 Å². The van der Waals surface area contributed by atoms with Crippen LogP contribution in [0.3, 0.4) is 0 Å². The molecule has 1 aromatic heterocycles. The summed E-state index contributed by atoms with van der Waals surface area (Å²) in [6.45, 7) is 4.93. The van der Waals surface area contributed by atoms with Gasteiger partial charge in [-0.2, -0.15) is 16.9 Å². The highest BCUT2D eigenvalue weighted by molar-refractivity contribution is 14.0. The number of carbonyl (C=O) groups is 1. The Morgan fingerprint density at radius 2 is 2.13 bits per heavy atom. The molecule has 1 saturated heterocycles. The summed E-state index contributed by atoms with van der Waals surface area (Å²) in [5.74, 6) is 2.03. The molecular formula is C20H28FIN6OS. The van der Waals surface area contributed by atoms with Gasteiger partial charge in [-0.3, -0.25) is 14.5 Å². The van der Waals surface area contributed by atoms with Crippen molar-refractivity contribution in [3.63, 3.8) is 0 Å². The number of amides is 1. The Morgan fingerprint density at radius 1 is 1.33 bits per heavy atom. The van der Waals surface area contributed by atoms with E-state index in [1.54, 1.807) is 33.6 Å². The highest BCUT2D eigenvalue weighted by Crippen LogP contribution is 2.17. The third-order valence-corrected chi connectivity index (χ3v) is 5.56. The van der Waals surface area contributed by atoms with E-state index in [1.165, 1.54) is 6.07 Å².